The van der Waals surface area contributed by atoms with Crippen LogP contribution in [0.4, 0.5) is 0 Å². The summed E-state index contributed by atoms with van der Waals surface area (Å²) in [5.41, 5.74) is 0. The van der Waals surface area contributed by atoms with Crippen molar-refractivity contribution in [2.75, 3.05) is 13.2 Å². The summed E-state index contributed by atoms with van der Waals surface area (Å²) in [5.74, 6) is 1.77. The number of aliphatic hydroxyl groups is 2. The minimum atomic E-state index is -0.952. The lowest BCUT2D eigenvalue weighted by atomic mass is 10.0. The number of carbonyl (C=O) groups is 1. The standard InChI is InChI=1S/C20H38O4/c1-2-3-4-8-11-17-14-18(17)12-9-6-5-7-10-13-20(23)24-16-19(22)15-21/h17-19,21-22H,2-16H2,1H3/t17-,18+,19+/m0/s1. The maximum Gasteiger partial charge on any atom is 0.305 e. The highest BCUT2D eigenvalue weighted by Crippen LogP contribution is 2.45. The first kappa shape index (κ1) is 21.4. The van der Waals surface area contributed by atoms with Crippen LogP contribution in [0.2, 0.25) is 0 Å². The monoisotopic (exact) mass is 342 g/mol. The summed E-state index contributed by atoms with van der Waals surface area (Å²) < 4.78 is 4.87. The van der Waals surface area contributed by atoms with Crippen LogP contribution < -0.4 is 0 Å². The Morgan fingerprint density at radius 1 is 1.00 bits per heavy atom. The van der Waals surface area contributed by atoms with Gasteiger partial charge < -0.3 is 14.9 Å². The largest absolute Gasteiger partial charge is 0.463 e. The quantitative estimate of drug-likeness (QED) is 0.325. The van der Waals surface area contributed by atoms with Crippen molar-refractivity contribution in [2.24, 2.45) is 11.8 Å². The molecule has 0 aromatic heterocycles. The van der Waals surface area contributed by atoms with Crippen LogP contribution in [0.15, 0.2) is 0 Å². The lowest BCUT2D eigenvalue weighted by Gasteiger charge is -2.08. The van der Waals surface area contributed by atoms with E-state index in [4.69, 9.17) is 14.9 Å². The van der Waals surface area contributed by atoms with Gasteiger partial charge in [-0.15, -0.1) is 0 Å². The lowest BCUT2D eigenvalue weighted by Crippen LogP contribution is -2.21. The van der Waals surface area contributed by atoms with Gasteiger partial charge in [0.2, 0.25) is 0 Å². The van der Waals surface area contributed by atoms with Crippen LogP contribution in [0.3, 0.4) is 0 Å². The van der Waals surface area contributed by atoms with E-state index in [9.17, 15) is 4.79 Å². The number of rotatable bonds is 16. The Morgan fingerprint density at radius 3 is 2.21 bits per heavy atom. The normalized spacial score (nSPS) is 20.8. The molecular weight excluding hydrogens is 304 g/mol. The maximum atomic E-state index is 11.4. The average molecular weight is 343 g/mol. The van der Waals surface area contributed by atoms with E-state index in [1.807, 2.05) is 0 Å². The fourth-order valence-corrected chi connectivity index (χ4v) is 3.37. The average Bonchev–Trinajstić information content (AvgIpc) is 3.34. The molecule has 142 valence electrons. The first-order chi connectivity index (χ1) is 11.7. The lowest BCUT2D eigenvalue weighted by molar-refractivity contribution is -0.147. The Kier molecular flexibility index (Phi) is 12.2. The van der Waals surface area contributed by atoms with E-state index < -0.39 is 6.10 Å². The van der Waals surface area contributed by atoms with Crippen molar-refractivity contribution < 1.29 is 19.7 Å². The van der Waals surface area contributed by atoms with Crippen molar-refractivity contribution in [3.8, 4) is 0 Å². The third kappa shape index (κ3) is 11.0. The molecule has 0 saturated heterocycles. The van der Waals surface area contributed by atoms with Crippen LogP contribution in [0.25, 0.3) is 0 Å². The molecule has 0 unspecified atom stereocenters. The topological polar surface area (TPSA) is 66.8 Å². The van der Waals surface area contributed by atoms with Crippen LogP contribution in [0, 0.1) is 11.8 Å². The molecule has 1 saturated carbocycles. The Balaban J connectivity index is 1.81. The van der Waals surface area contributed by atoms with E-state index in [-0.39, 0.29) is 19.2 Å². The van der Waals surface area contributed by atoms with E-state index in [1.54, 1.807) is 0 Å². The van der Waals surface area contributed by atoms with Gasteiger partial charge in [0.25, 0.3) is 0 Å². The third-order valence-corrected chi connectivity index (χ3v) is 5.10. The van der Waals surface area contributed by atoms with Gasteiger partial charge in [0, 0.05) is 6.42 Å². The molecule has 4 heteroatoms. The fraction of sp³-hybridized carbons (Fsp3) is 0.950. The third-order valence-electron chi connectivity index (χ3n) is 5.10. The molecule has 0 spiro atoms. The molecule has 1 fully saturated rings. The zero-order valence-electron chi connectivity index (χ0n) is 15.5. The number of carbonyl (C=O) groups excluding carboxylic acids is 1. The zero-order valence-corrected chi connectivity index (χ0v) is 15.5. The maximum absolute atomic E-state index is 11.4. The Morgan fingerprint density at radius 2 is 1.58 bits per heavy atom. The van der Waals surface area contributed by atoms with E-state index >= 15 is 0 Å². The van der Waals surface area contributed by atoms with Crippen molar-refractivity contribution in [3.63, 3.8) is 0 Å². The first-order valence-corrected chi connectivity index (χ1v) is 10.1. The molecule has 0 amide bonds. The minimum Gasteiger partial charge on any atom is -0.463 e. The van der Waals surface area contributed by atoms with Crippen LogP contribution in [-0.2, 0) is 9.53 Å². The molecule has 1 rings (SSSR count). The SMILES string of the molecule is CCCCCC[C@H]1C[C@H]1CCCCCCCC(=O)OC[C@H](O)CO. The van der Waals surface area contributed by atoms with Gasteiger partial charge in [0.1, 0.15) is 12.7 Å². The van der Waals surface area contributed by atoms with Crippen molar-refractivity contribution in [1.82, 2.24) is 0 Å². The summed E-state index contributed by atoms with van der Waals surface area (Å²) in [6.07, 6.45) is 15.1. The van der Waals surface area contributed by atoms with Gasteiger partial charge in [-0.1, -0.05) is 71.1 Å². The van der Waals surface area contributed by atoms with E-state index in [2.05, 4.69) is 6.92 Å². The minimum absolute atomic E-state index is 0.101. The van der Waals surface area contributed by atoms with Gasteiger partial charge in [-0.05, 0) is 24.7 Å². The fourth-order valence-electron chi connectivity index (χ4n) is 3.37. The highest BCUT2D eigenvalue weighted by atomic mass is 16.5. The zero-order chi connectivity index (χ0) is 17.6. The van der Waals surface area contributed by atoms with Crippen molar-refractivity contribution in [1.29, 1.82) is 0 Å². The number of hydrogen-bond acceptors (Lipinski definition) is 4. The van der Waals surface area contributed by atoms with Crippen LogP contribution in [-0.4, -0.2) is 35.5 Å². The summed E-state index contributed by atoms with van der Waals surface area (Å²) in [7, 11) is 0. The predicted molar refractivity (Wildman–Crippen MR) is 96.7 cm³/mol. The molecule has 0 bridgehead atoms. The molecule has 1 aliphatic rings. The summed E-state index contributed by atoms with van der Waals surface area (Å²) in [6.45, 7) is 1.80. The smallest absolute Gasteiger partial charge is 0.305 e. The van der Waals surface area contributed by atoms with Crippen molar-refractivity contribution in [3.05, 3.63) is 0 Å². The van der Waals surface area contributed by atoms with E-state index in [0.29, 0.717) is 6.42 Å². The number of ether oxygens (including phenoxy) is 1. The molecular formula is C20H38O4. The summed E-state index contributed by atoms with van der Waals surface area (Å²) in [4.78, 5) is 11.4. The molecule has 24 heavy (non-hydrogen) atoms. The number of aliphatic hydroxyl groups excluding tert-OH is 2. The summed E-state index contributed by atoms with van der Waals surface area (Å²) in [5, 5.41) is 17.7. The van der Waals surface area contributed by atoms with Gasteiger partial charge in [0.05, 0.1) is 6.61 Å². The van der Waals surface area contributed by atoms with Crippen molar-refractivity contribution >= 4 is 5.97 Å². The van der Waals surface area contributed by atoms with Gasteiger partial charge >= 0.3 is 5.97 Å². The highest BCUT2D eigenvalue weighted by molar-refractivity contribution is 5.69. The van der Waals surface area contributed by atoms with Gasteiger partial charge in [-0.2, -0.15) is 0 Å². The molecule has 4 nitrogen and oxygen atoms in total. The van der Waals surface area contributed by atoms with E-state index in [1.165, 1.54) is 64.2 Å². The Labute approximate surface area is 148 Å². The van der Waals surface area contributed by atoms with Gasteiger partial charge in [0.15, 0.2) is 0 Å². The second kappa shape index (κ2) is 13.7. The van der Waals surface area contributed by atoms with Crippen LogP contribution in [0.5, 0.6) is 0 Å². The second-order valence-corrected chi connectivity index (χ2v) is 7.43. The molecule has 1 aliphatic carbocycles. The van der Waals surface area contributed by atoms with E-state index in [0.717, 1.165) is 24.7 Å². The Hall–Kier alpha value is -0.610. The second-order valence-electron chi connectivity index (χ2n) is 7.43. The highest BCUT2D eigenvalue weighted by Gasteiger charge is 2.34. The van der Waals surface area contributed by atoms with Crippen LogP contribution >= 0.6 is 0 Å². The van der Waals surface area contributed by atoms with Gasteiger partial charge in [-0.25, -0.2) is 0 Å². The number of unbranched alkanes of at least 4 members (excludes halogenated alkanes) is 7. The molecule has 0 aromatic carbocycles. The molecule has 2 N–H and O–H groups in total. The first-order valence-electron chi connectivity index (χ1n) is 10.1. The van der Waals surface area contributed by atoms with Crippen molar-refractivity contribution in [2.45, 2.75) is 96.5 Å². The summed E-state index contributed by atoms with van der Waals surface area (Å²) >= 11 is 0. The molecule has 0 heterocycles. The summed E-state index contributed by atoms with van der Waals surface area (Å²) in [6, 6.07) is 0. The molecule has 3 atom stereocenters. The Bertz CT molecular complexity index is 319. The predicted octanol–water partition coefficient (Wildman–Crippen LogP) is 4.22. The molecule has 0 aromatic rings. The van der Waals surface area contributed by atoms with Crippen LogP contribution in [0.1, 0.15) is 90.4 Å². The molecule has 0 aliphatic heterocycles. The van der Waals surface area contributed by atoms with Gasteiger partial charge in [-0.3, -0.25) is 4.79 Å². The number of hydrogen-bond donors (Lipinski definition) is 2. The molecule has 0 radical (unpaired) electrons. The number of esters is 1.